The Labute approximate surface area is 171 Å². The minimum absolute atomic E-state index is 0.132. The van der Waals surface area contributed by atoms with Crippen molar-refractivity contribution in [3.05, 3.63) is 64.9 Å². The Balaban J connectivity index is 1.35. The molecule has 0 spiro atoms. The minimum atomic E-state index is -3.41. The third-order valence-electron chi connectivity index (χ3n) is 4.81. The summed E-state index contributed by atoms with van der Waals surface area (Å²) in [4.78, 5) is 4.68. The molecule has 1 aliphatic rings. The SMILES string of the molecule is O=S(=O)(Cc1ccc(F)cc1)NCCCN1CCN(c2ccc(Cl)cc2)CC1. The van der Waals surface area contributed by atoms with E-state index in [4.69, 9.17) is 11.6 Å². The first-order chi connectivity index (χ1) is 13.4. The van der Waals surface area contributed by atoms with Crippen molar-refractivity contribution in [2.45, 2.75) is 12.2 Å². The fraction of sp³-hybridized carbons (Fsp3) is 0.400. The second-order valence-corrected chi connectivity index (χ2v) is 9.18. The summed E-state index contributed by atoms with van der Waals surface area (Å²) in [6.45, 7) is 5.04. The van der Waals surface area contributed by atoms with Crippen LogP contribution in [0.15, 0.2) is 48.5 Å². The molecule has 152 valence electrons. The minimum Gasteiger partial charge on any atom is -0.369 e. The summed E-state index contributed by atoms with van der Waals surface area (Å²) in [5.74, 6) is -0.502. The van der Waals surface area contributed by atoms with Crippen LogP contribution in [0.5, 0.6) is 0 Å². The highest BCUT2D eigenvalue weighted by molar-refractivity contribution is 7.88. The van der Waals surface area contributed by atoms with Gasteiger partial charge in [0.15, 0.2) is 0 Å². The van der Waals surface area contributed by atoms with Crippen molar-refractivity contribution in [3.63, 3.8) is 0 Å². The lowest BCUT2D eigenvalue weighted by Crippen LogP contribution is -2.47. The standard InChI is InChI=1S/C20H25ClFN3O2S/c21-18-4-8-20(9-5-18)25-14-12-24(13-15-25)11-1-10-23-28(26,27)16-17-2-6-19(22)7-3-17/h2-9,23H,1,10-16H2. The third-order valence-corrected chi connectivity index (χ3v) is 6.42. The van der Waals surface area contributed by atoms with Crippen LogP contribution in [0.25, 0.3) is 0 Å². The van der Waals surface area contributed by atoms with Crippen LogP contribution in [0.2, 0.25) is 5.02 Å². The highest BCUT2D eigenvalue weighted by Crippen LogP contribution is 2.19. The van der Waals surface area contributed by atoms with Gasteiger partial charge in [-0.3, -0.25) is 4.90 Å². The van der Waals surface area contributed by atoms with E-state index in [0.29, 0.717) is 12.1 Å². The molecule has 8 heteroatoms. The number of hydrogen-bond donors (Lipinski definition) is 1. The lowest BCUT2D eigenvalue weighted by Gasteiger charge is -2.36. The quantitative estimate of drug-likeness (QED) is 0.660. The van der Waals surface area contributed by atoms with Gasteiger partial charge in [-0.2, -0.15) is 0 Å². The first-order valence-corrected chi connectivity index (χ1v) is 11.4. The van der Waals surface area contributed by atoms with Gasteiger partial charge in [0.2, 0.25) is 10.0 Å². The van der Waals surface area contributed by atoms with Gasteiger partial charge in [0.05, 0.1) is 5.75 Å². The largest absolute Gasteiger partial charge is 0.369 e. The Bertz CT molecular complexity index is 852. The van der Waals surface area contributed by atoms with Crippen LogP contribution in [0.1, 0.15) is 12.0 Å². The maximum absolute atomic E-state index is 12.9. The molecular formula is C20H25ClFN3O2S. The average molecular weight is 426 g/mol. The zero-order chi connectivity index (χ0) is 20.0. The van der Waals surface area contributed by atoms with E-state index in [1.807, 2.05) is 24.3 Å². The number of nitrogens with one attached hydrogen (secondary N) is 1. The molecule has 0 atom stereocenters. The number of halogens is 2. The van der Waals surface area contributed by atoms with Gasteiger partial charge in [-0.25, -0.2) is 17.5 Å². The molecule has 1 fully saturated rings. The molecule has 0 bridgehead atoms. The second kappa shape index (κ2) is 9.69. The molecule has 1 saturated heterocycles. The molecule has 1 N–H and O–H groups in total. The summed E-state index contributed by atoms with van der Waals surface area (Å²) in [5, 5.41) is 0.740. The molecule has 0 aromatic heterocycles. The van der Waals surface area contributed by atoms with E-state index in [1.54, 1.807) is 0 Å². The van der Waals surface area contributed by atoms with Gasteiger partial charge in [-0.15, -0.1) is 0 Å². The molecule has 0 aliphatic carbocycles. The van der Waals surface area contributed by atoms with Gasteiger partial charge in [-0.1, -0.05) is 23.7 Å². The molecule has 28 heavy (non-hydrogen) atoms. The molecule has 0 unspecified atom stereocenters. The van der Waals surface area contributed by atoms with Crippen LogP contribution in [0.3, 0.4) is 0 Å². The molecule has 3 rings (SSSR count). The number of hydrogen-bond acceptors (Lipinski definition) is 4. The van der Waals surface area contributed by atoms with Crippen molar-refractivity contribution in [2.24, 2.45) is 0 Å². The molecular weight excluding hydrogens is 401 g/mol. The lowest BCUT2D eigenvalue weighted by atomic mass is 10.2. The number of sulfonamides is 1. The first kappa shape index (κ1) is 21.0. The zero-order valence-corrected chi connectivity index (χ0v) is 17.2. The van der Waals surface area contributed by atoms with Crippen LogP contribution < -0.4 is 9.62 Å². The molecule has 2 aromatic carbocycles. The Morgan fingerprint density at radius 2 is 1.61 bits per heavy atom. The second-order valence-electron chi connectivity index (χ2n) is 6.94. The maximum Gasteiger partial charge on any atom is 0.215 e. The number of anilines is 1. The molecule has 1 aliphatic heterocycles. The summed E-state index contributed by atoms with van der Waals surface area (Å²) in [6, 6.07) is 13.4. The van der Waals surface area contributed by atoms with Crippen molar-refractivity contribution in [1.82, 2.24) is 9.62 Å². The van der Waals surface area contributed by atoms with Gasteiger partial charge >= 0.3 is 0 Å². The molecule has 0 saturated carbocycles. The molecule has 0 amide bonds. The van der Waals surface area contributed by atoms with Gasteiger partial charge in [0.1, 0.15) is 5.82 Å². The maximum atomic E-state index is 12.9. The van der Waals surface area contributed by atoms with Crippen LogP contribution in [-0.4, -0.2) is 52.6 Å². The van der Waals surface area contributed by atoms with Crippen molar-refractivity contribution in [3.8, 4) is 0 Å². The van der Waals surface area contributed by atoms with Gasteiger partial charge in [-0.05, 0) is 54.9 Å². The van der Waals surface area contributed by atoms with Crippen molar-refractivity contribution in [2.75, 3.05) is 44.2 Å². The zero-order valence-electron chi connectivity index (χ0n) is 15.7. The van der Waals surface area contributed by atoms with Gasteiger partial charge in [0.25, 0.3) is 0 Å². The van der Waals surface area contributed by atoms with Crippen molar-refractivity contribution in [1.29, 1.82) is 0 Å². The highest BCUT2D eigenvalue weighted by atomic mass is 35.5. The normalized spacial score (nSPS) is 15.7. The molecule has 0 radical (unpaired) electrons. The van der Waals surface area contributed by atoms with Gasteiger partial charge in [0, 0.05) is 43.4 Å². The van der Waals surface area contributed by atoms with E-state index in [0.717, 1.165) is 44.2 Å². The monoisotopic (exact) mass is 425 g/mol. The first-order valence-electron chi connectivity index (χ1n) is 9.36. The van der Waals surface area contributed by atoms with E-state index >= 15 is 0 Å². The predicted molar refractivity (Wildman–Crippen MR) is 112 cm³/mol. The summed E-state index contributed by atoms with van der Waals surface area (Å²) >= 11 is 5.94. The molecule has 1 heterocycles. The third kappa shape index (κ3) is 6.44. The van der Waals surface area contributed by atoms with E-state index < -0.39 is 10.0 Å². The van der Waals surface area contributed by atoms with Crippen LogP contribution in [0, 0.1) is 5.82 Å². The summed E-state index contributed by atoms with van der Waals surface area (Å²) < 4.78 is 39.8. The van der Waals surface area contributed by atoms with E-state index in [-0.39, 0.29) is 11.6 Å². The van der Waals surface area contributed by atoms with E-state index in [1.165, 1.54) is 30.0 Å². The number of benzene rings is 2. The number of piperazine rings is 1. The Morgan fingerprint density at radius 1 is 0.964 bits per heavy atom. The van der Waals surface area contributed by atoms with Crippen molar-refractivity contribution < 1.29 is 12.8 Å². The Morgan fingerprint density at radius 3 is 2.25 bits per heavy atom. The molecule has 5 nitrogen and oxygen atoms in total. The fourth-order valence-corrected chi connectivity index (χ4v) is 4.58. The predicted octanol–water partition coefficient (Wildman–Crippen LogP) is 3.11. The number of rotatable bonds is 8. The smallest absolute Gasteiger partial charge is 0.215 e. The summed E-state index contributed by atoms with van der Waals surface area (Å²) in [5.41, 5.74) is 1.75. The van der Waals surface area contributed by atoms with Crippen LogP contribution in [0.4, 0.5) is 10.1 Å². The van der Waals surface area contributed by atoms with E-state index in [9.17, 15) is 12.8 Å². The van der Waals surface area contributed by atoms with Gasteiger partial charge < -0.3 is 4.90 Å². The lowest BCUT2D eigenvalue weighted by molar-refractivity contribution is 0.255. The van der Waals surface area contributed by atoms with Crippen molar-refractivity contribution >= 4 is 27.3 Å². The summed E-state index contributed by atoms with van der Waals surface area (Å²) in [7, 11) is -3.41. The topological polar surface area (TPSA) is 52.7 Å². The Kier molecular flexibility index (Phi) is 7.29. The van der Waals surface area contributed by atoms with Crippen LogP contribution >= 0.6 is 11.6 Å². The summed E-state index contributed by atoms with van der Waals surface area (Å²) in [6.07, 6.45) is 0.754. The fourth-order valence-electron chi connectivity index (χ4n) is 3.26. The molecule has 2 aromatic rings. The van der Waals surface area contributed by atoms with E-state index in [2.05, 4.69) is 14.5 Å². The average Bonchev–Trinajstić information content (AvgIpc) is 2.68. The Hall–Kier alpha value is -1.67. The van der Waals surface area contributed by atoms with Crippen LogP contribution in [-0.2, 0) is 15.8 Å². The number of nitrogens with zero attached hydrogens (tertiary/aromatic N) is 2. The highest BCUT2D eigenvalue weighted by Gasteiger charge is 2.17.